The number of benzene rings is 1. The van der Waals surface area contributed by atoms with Gasteiger partial charge in [-0.1, -0.05) is 32.0 Å². The number of rotatable bonds is 7. The maximum atomic E-state index is 3.31. The van der Waals surface area contributed by atoms with Gasteiger partial charge in [-0.3, -0.25) is 0 Å². The molecule has 1 rings (SSSR count). The molecule has 1 atom stereocenters. The molecule has 2 heteroatoms. The van der Waals surface area contributed by atoms with Gasteiger partial charge in [-0.25, -0.2) is 0 Å². The van der Waals surface area contributed by atoms with Gasteiger partial charge in [0.1, 0.15) is 0 Å². The van der Waals surface area contributed by atoms with Gasteiger partial charge in [0.05, 0.1) is 0 Å². The largest absolute Gasteiger partial charge is 0.319 e. The van der Waals surface area contributed by atoms with Gasteiger partial charge in [0, 0.05) is 13.1 Å². The third-order valence-corrected chi connectivity index (χ3v) is 3.98. The Labute approximate surface area is 119 Å². The lowest BCUT2D eigenvalue weighted by Gasteiger charge is -2.27. The van der Waals surface area contributed by atoms with Crippen LogP contribution in [0.1, 0.15) is 30.5 Å². The molecule has 0 saturated carbocycles. The third-order valence-electron chi connectivity index (χ3n) is 3.98. The van der Waals surface area contributed by atoms with E-state index < -0.39 is 0 Å². The summed E-state index contributed by atoms with van der Waals surface area (Å²) in [4.78, 5) is 2.44. The Morgan fingerprint density at radius 2 is 1.84 bits per heavy atom. The van der Waals surface area contributed by atoms with E-state index in [9.17, 15) is 0 Å². The summed E-state index contributed by atoms with van der Waals surface area (Å²) < 4.78 is 0. The quantitative estimate of drug-likeness (QED) is 0.811. The van der Waals surface area contributed by atoms with E-state index in [0.717, 1.165) is 25.6 Å². The summed E-state index contributed by atoms with van der Waals surface area (Å²) in [5.41, 5.74) is 4.18. The summed E-state index contributed by atoms with van der Waals surface area (Å²) >= 11 is 0. The number of hydrogen-bond donors (Lipinski definition) is 1. The van der Waals surface area contributed by atoms with Crippen LogP contribution in [-0.4, -0.2) is 32.1 Å². The second-order valence-corrected chi connectivity index (χ2v) is 6.18. The van der Waals surface area contributed by atoms with Crippen molar-refractivity contribution in [2.24, 2.45) is 11.8 Å². The molecule has 1 N–H and O–H groups in total. The number of aryl methyl sites for hydroxylation is 2. The molecular formula is C17H30N2. The topological polar surface area (TPSA) is 15.3 Å². The zero-order valence-electron chi connectivity index (χ0n) is 13.5. The lowest BCUT2D eigenvalue weighted by Crippen LogP contribution is -2.34. The first kappa shape index (κ1) is 16.2. The number of hydrogen-bond acceptors (Lipinski definition) is 2. The first-order valence-electron chi connectivity index (χ1n) is 7.33. The van der Waals surface area contributed by atoms with E-state index in [1.807, 2.05) is 7.05 Å². The van der Waals surface area contributed by atoms with Crippen LogP contribution in [0.25, 0.3) is 0 Å². The van der Waals surface area contributed by atoms with Gasteiger partial charge >= 0.3 is 0 Å². The lowest BCUT2D eigenvalue weighted by atomic mass is 9.95. The van der Waals surface area contributed by atoms with Crippen LogP contribution in [0.15, 0.2) is 18.2 Å². The molecule has 0 heterocycles. The Hall–Kier alpha value is -0.860. The maximum absolute atomic E-state index is 3.31. The van der Waals surface area contributed by atoms with Crippen LogP contribution >= 0.6 is 0 Å². The maximum Gasteiger partial charge on any atom is 0.0230 e. The monoisotopic (exact) mass is 262 g/mol. The van der Waals surface area contributed by atoms with Crippen LogP contribution < -0.4 is 5.32 Å². The summed E-state index contributed by atoms with van der Waals surface area (Å²) in [7, 11) is 4.26. The summed E-state index contributed by atoms with van der Waals surface area (Å²) in [5, 5.41) is 3.31. The molecule has 108 valence electrons. The predicted molar refractivity (Wildman–Crippen MR) is 84.5 cm³/mol. The second kappa shape index (κ2) is 7.66. The van der Waals surface area contributed by atoms with Crippen molar-refractivity contribution in [2.45, 2.75) is 34.2 Å². The molecule has 1 aromatic carbocycles. The molecule has 0 saturated heterocycles. The highest BCUT2D eigenvalue weighted by Gasteiger charge is 2.15. The van der Waals surface area contributed by atoms with E-state index in [1.165, 1.54) is 16.7 Å². The molecule has 0 aliphatic heterocycles. The molecule has 1 unspecified atom stereocenters. The molecule has 0 aromatic heterocycles. The fourth-order valence-corrected chi connectivity index (χ4v) is 2.45. The average molecular weight is 262 g/mol. The SMILES string of the molecule is CNCC(CN(C)Cc1ccc(C)c(C)c1)C(C)C. The summed E-state index contributed by atoms with van der Waals surface area (Å²) in [6.07, 6.45) is 0. The highest BCUT2D eigenvalue weighted by atomic mass is 15.1. The first-order valence-corrected chi connectivity index (χ1v) is 7.33. The van der Waals surface area contributed by atoms with E-state index in [2.05, 4.69) is 63.2 Å². The number of nitrogens with zero attached hydrogens (tertiary/aromatic N) is 1. The van der Waals surface area contributed by atoms with E-state index in [1.54, 1.807) is 0 Å². The average Bonchev–Trinajstić information content (AvgIpc) is 2.33. The predicted octanol–water partition coefficient (Wildman–Crippen LogP) is 3.23. The van der Waals surface area contributed by atoms with Crippen LogP contribution in [0, 0.1) is 25.7 Å². The summed E-state index contributed by atoms with van der Waals surface area (Å²) in [6, 6.07) is 6.79. The highest BCUT2D eigenvalue weighted by molar-refractivity contribution is 5.29. The highest BCUT2D eigenvalue weighted by Crippen LogP contribution is 2.15. The minimum absolute atomic E-state index is 0.710. The van der Waals surface area contributed by atoms with Gasteiger partial charge in [-0.15, -0.1) is 0 Å². The minimum Gasteiger partial charge on any atom is -0.319 e. The Bertz CT molecular complexity index is 385. The van der Waals surface area contributed by atoms with Gasteiger partial charge in [-0.2, -0.15) is 0 Å². The zero-order chi connectivity index (χ0) is 14.4. The molecule has 2 nitrogen and oxygen atoms in total. The Morgan fingerprint density at radius 3 is 2.37 bits per heavy atom. The fraction of sp³-hybridized carbons (Fsp3) is 0.647. The van der Waals surface area contributed by atoms with E-state index in [4.69, 9.17) is 0 Å². The van der Waals surface area contributed by atoms with Crippen LogP contribution in [0.5, 0.6) is 0 Å². The van der Waals surface area contributed by atoms with Crippen molar-refractivity contribution >= 4 is 0 Å². The summed E-state index contributed by atoms with van der Waals surface area (Å²) in [5.74, 6) is 1.43. The fourth-order valence-electron chi connectivity index (χ4n) is 2.45. The third kappa shape index (κ3) is 5.33. The molecule has 1 aromatic rings. The van der Waals surface area contributed by atoms with Gasteiger partial charge < -0.3 is 10.2 Å². The lowest BCUT2D eigenvalue weighted by molar-refractivity contribution is 0.227. The molecule has 0 fully saturated rings. The minimum atomic E-state index is 0.710. The van der Waals surface area contributed by atoms with Crippen LogP contribution in [0.4, 0.5) is 0 Å². The Kier molecular flexibility index (Phi) is 6.53. The standard InChI is InChI=1S/C17H30N2/c1-13(2)17(10-18-5)12-19(6)11-16-8-7-14(3)15(4)9-16/h7-9,13,17-18H,10-12H2,1-6H3. The van der Waals surface area contributed by atoms with Crippen LogP contribution in [-0.2, 0) is 6.54 Å². The first-order chi connectivity index (χ1) is 8.93. The molecule has 0 spiro atoms. The summed E-state index contributed by atoms with van der Waals surface area (Å²) in [6.45, 7) is 12.3. The van der Waals surface area contributed by atoms with Gasteiger partial charge in [0.2, 0.25) is 0 Å². The van der Waals surface area contributed by atoms with Crippen molar-refractivity contribution in [3.8, 4) is 0 Å². The molecule has 0 radical (unpaired) electrons. The van der Waals surface area contributed by atoms with Crippen molar-refractivity contribution in [3.05, 3.63) is 34.9 Å². The molecular weight excluding hydrogens is 232 g/mol. The van der Waals surface area contributed by atoms with Gasteiger partial charge in [0.15, 0.2) is 0 Å². The van der Waals surface area contributed by atoms with E-state index >= 15 is 0 Å². The Balaban J connectivity index is 2.58. The van der Waals surface area contributed by atoms with Crippen molar-refractivity contribution in [1.82, 2.24) is 10.2 Å². The van der Waals surface area contributed by atoms with Crippen molar-refractivity contribution in [1.29, 1.82) is 0 Å². The molecule has 0 aliphatic rings. The molecule has 19 heavy (non-hydrogen) atoms. The Morgan fingerprint density at radius 1 is 1.16 bits per heavy atom. The normalized spacial score (nSPS) is 13.3. The zero-order valence-corrected chi connectivity index (χ0v) is 13.5. The van der Waals surface area contributed by atoms with Crippen molar-refractivity contribution < 1.29 is 0 Å². The molecule has 0 amide bonds. The molecule has 0 aliphatic carbocycles. The van der Waals surface area contributed by atoms with Crippen molar-refractivity contribution in [3.63, 3.8) is 0 Å². The molecule has 0 bridgehead atoms. The number of nitrogens with one attached hydrogen (secondary N) is 1. The van der Waals surface area contributed by atoms with Gasteiger partial charge in [0.25, 0.3) is 0 Å². The van der Waals surface area contributed by atoms with Crippen LogP contribution in [0.3, 0.4) is 0 Å². The second-order valence-electron chi connectivity index (χ2n) is 6.18. The smallest absolute Gasteiger partial charge is 0.0230 e. The van der Waals surface area contributed by atoms with E-state index in [-0.39, 0.29) is 0 Å². The van der Waals surface area contributed by atoms with Crippen molar-refractivity contribution in [2.75, 3.05) is 27.2 Å². The van der Waals surface area contributed by atoms with Gasteiger partial charge in [-0.05, 0) is 63.0 Å². The van der Waals surface area contributed by atoms with E-state index in [0.29, 0.717) is 5.92 Å². The van der Waals surface area contributed by atoms with Crippen LogP contribution in [0.2, 0.25) is 0 Å².